The molecule has 0 aliphatic rings. The largest absolute Gasteiger partial charge is 0.116 e. The van der Waals surface area contributed by atoms with Gasteiger partial charge in [-0.3, -0.25) is 0 Å². The number of aryl methyl sites for hydroxylation is 1. The van der Waals surface area contributed by atoms with Crippen LogP contribution in [-0.2, 0) is 6.16 Å². The molecule has 1 aromatic heterocycles. The summed E-state index contributed by atoms with van der Waals surface area (Å²) in [7, 11) is 0.0362. The Kier molecular flexibility index (Phi) is 8.62. The number of hydrogen-bond donors (Lipinski definition) is 0. The van der Waals surface area contributed by atoms with Gasteiger partial charge in [0.15, 0.2) is 0 Å². The Bertz CT molecular complexity index is 226. The van der Waals surface area contributed by atoms with E-state index in [4.69, 9.17) is 0 Å². The Morgan fingerprint density at radius 1 is 0.875 bits per heavy atom. The first-order chi connectivity index (χ1) is 7.93. The fourth-order valence-electron chi connectivity index (χ4n) is 2.06. The second-order valence-corrected chi connectivity index (χ2v) is 6.60. The van der Waals surface area contributed by atoms with Crippen LogP contribution in [0.3, 0.4) is 0 Å². The summed E-state index contributed by atoms with van der Waals surface area (Å²) in [4.78, 5) is 0. The molecule has 0 amide bonds. The molecule has 16 heavy (non-hydrogen) atoms. The van der Waals surface area contributed by atoms with Crippen LogP contribution in [-0.4, -0.2) is 0 Å². The van der Waals surface area contributed by atoms with Crippen molar-refractivity contribution in [3.05, 3.63) is 23.7 Å². The maximum atomic E-state index is 3.41. The molecular formula is C15H26P. The average Bonchev–Trinajstić information content (AvgIpc) is 2.80. The number of unbranched alkanes of at least 4 members (excludes halogenated alkanes) is 8. The molecule has 0 aliphatic carbocycles. The molecule has 0 nitrogen and oxygen atoms in total. The third kappa shape index (κ3) is 7.12. The van der Waals surface area contributed by atoms with Gasteiger partial charge in [-0.05, 0) is 24.4 Å². The van der Waals surface area contributed by atoms with E-state index in [1.165, 1.54) is 63.9 Å². The van der Waals surface area contributed by atoms with Gasteiger partial charge in [0.25, 0.3) is 0 Å². The molecule has 0 saturated heterocycles. The van der Waals surface area contributed by atoms with Gasteiger partial charge >= 0.3 is 0 Å². The molecule has 1 heterocycles. The van der Waals surface area contributed by atoms with Crippen molar-refractivity contribution in [2.75, 3.05) is 0 Å². The van der Waals surface area contributed by atoms with Crippen LogP contribution in [0.4, 0.5) is 0 Å². The maximum absolute atomic E-state index is 3.41. The van der Waals surface area contributed by atoms with Gasteiger partial charge in [0.2, 0.25) is 0 Å². The van der Waals surface area contributed by atoms with Crippen LogP contribution < -0.4 is 0 Å². The lowest BCUT2D eigenvalue weighted by Crippen LogP contribution is -1.81. The van der Waals surface area contributed by atoms with E-state index in [9.17, 15) is 0 Å². The summed E-state index contributed by atoms with van der Waals surface area (Å²) in [5, 5.41) is 0. The zero-order valence-corrected chi connectivity index (χ0v) is 11.6. The molecular weight excluding hydrogens is 211 g/mol. The molecule has 0 fully saturated rings. The predicted octanol–water partition coefficient (Wildman–Crippen LogP) is 6.00. The highest BCUT2D eigenvalue weighted by atomic mass is 31.1. The third-order valence-corrected chi connectivity index (χ3v) is 4.92. The van der Waals surface area contributed by atoms with Crippen LogP contribution >= 0.6 is 7.53 Å². The molecule has 0 aromatic carbocycles. The Labute approximate surface area is 103 Å². The monoisotopic (exact) mass is 237 g/mol. The highest BCUT2D eigenvalue weighted by molar-refractivity contribution is 7.47. The molecule has 0 bridgehead atoms. The minimum atomic E-state index is 0.0362. The molecule has 0 spiro atoms. The second-order valence-electron chi connectivity index (χ2n) is 4.66. The Morgan fingerprint density at radius 2 is 1.50 bits per heavy atom. The standard InChI is InChI=1S/C15H26P/c1-2-3-4-5-6-7-8-9-10-13-16-14-11-12-15-16/h11-12,14H,2-10,13H2,1H3. The van der Waals surface area contributed by atoms with Crippen molar-refractivity contribution in [2.24, 2.45) is 0 Å². The molecule has 1 aromatic rings. The summed E-state index contributed by atoms with van der Waals surface area (Å²) in [6.07, 6.45) is 14.3. The van der Waals surface area contributed by atoms with Gasteiger partial charge in [-0.2, -0.15) is 0 Å². The van der Waals surface area contributed by atoms with Crippen LogP contribution in [0.5, 0.6) is 0 Å². The van der Waals surface area contributed by atoms with Gasteiger partial charge in [-0.25, -0.2) is 0 Å². The smallest absolute Gasteiger partial charge is 0.00512 e. The van der Waals surface area contributed by atoms with Crippen molar-refractivity contribution in [2.45, 2.75) is 70.9 Å². The third-order valence-electron chi connectivity index (χ3n) is 3.11. The Hall–Kier alpha value is -0.220. The van der Waals surface area contributed by atoms with Gasteiger partial charge in [0.05, 0.1) is 0 Å². The fraction of sp³-hybridized carbons (Fsp3) is 0.733. The van der Waals surface area contributed by atoms with Crippen molar-refractivity contribution < 1.29 is 0 Å². The zero-order chi connectivity index (χ0) is 11.5. The first kappa shape index (κ1) is 13.8. The van der Waals surface area contributed by atoms with E-state index in [-0.39, 0.29) is 7.53 Å². The SMILES string of the molecule is CCCCCCCCCCCp1[c]ccc1. The van der Waals surface area contributed by atoms with Crippen LogP contribution in [0.1, 0.15) is 64.7 Å². The van der Waals surface area contributed by atoms with E-state index in [0.29, 0.717) is 0 Å². The number of rotatable bonds is 10. The molecule has 0 N–H and O–H groups in total. The zero-order valence-electron chi connectivity index (χ0n) is 10.8. The average molecular weight is 237 g/mol. The van der Waals surface area contributed by atoms with E-state index in [2.05, 4.69) is 30.7 Å². The van der Waals surface area contributed by atoms with Crippen LogP contribution in [0.15, 0.2) is 17.9 Å². The summed E-state index contributed by atoms with van der Waals surface area (Å²) in [6, 6.07) is 4.23. The lowest BCUT2D eigenvalue weighted by Gasteiger charge is -2.01. The van der Waals surface area contributed by atoms with Gasteiger partial charge in [0, 0.05) is 5.80 Å². The maximum Gasteiger partial charge on any atom is 0.00512 e. The first-order valence-corrected chi connectivity index (χ1v) is 8.56. The van der Waals surface area contributed by atoms with E-state index >= 15 is 0 Å². The van der Waals surface area contributed by atoms with Gasteiger partial charge in [-0.1, -0.05) is 64.4 Å². The van der Waals surface area contributed by atoms with Crippen LogP contribution in [0.2, 0.25) is 0 Å². The molecule has 1 rings (SSSR count). The second kappa shape index (κ2) is 9.97. The minimum absolute atomic E-state index is 0.0362. The van der Waals surface area contributed by atoms with E-state index < -0.39 is 0 Å². The molecule has 1 radical (unpaired) electrons. The Morgan fingerprint density at radius 3 is 2.06 bits per heavy atom. The van der Waals surface area contributed by atoms with Gasteiger partial charge < -0.3 is 0 Å². The quantitative estimate of drug-likeness (QED) is 0.437. The molecule has 1 heteroatoms. The van der Waals surface area contributed by atoms with Crippen molar-refractivity contribution in [1.82, 2.24) is 0 Å². The van der Waals surface area contributed by atoms with Gasteiger partial charge in [0.1, 0.15) is 0 Å². The molecule has 91 valence electrons. The molecule has 0 aliphatic heterocycles. The van der Waals surface area contributed by atoms with Crippen LogP contribution in [0.25, 0.3) is 0 Å². The van der Waals surface area contributed by atoms with Crippen molar-refractivity contribution in [3.63, 3.8) is 0 Å². The summed E-state index contributed by atoms with van der Waals surface area (Å²) >= 11 is 0. The van der Waals surface area contributed by atoms with Crippen molar-refractivity contribution >= 4 is 7.53 Å². The summed E-state index contributed by atoms with van der Waals surface area (Å²) in [6.45, 7) is 2.28. The van der Waals surface area contributed by atoms with E-state index in [1.54, 1.807) is 0 Å². The topological polar surface area (TPSA) is 0 Å². The fourth-order valence-corrected chi connectivity index (χ4v) is 3.56. The lowest BCUT2D eigenvalue weighted by atomic mass is 10.1. The molecule has 0 saturated carbocycles. The normalized spacial score (nSPS) is 10.8. The highest BCUT2D eigenvalue weighted by Crippen LogP contribution is 2.29. The number of hydrogen-bond acceptors (Lipinski definition) is 0. The van der Waals surface area contributed by atoms with Crippen molar-refractivity contribution in [3.8, 4) is 0 Å². The molecule has 1 atom stereocenters. The van der Waals surface area contributed by atoms with Crippen LogP contribution in [0, 0.1) is 5.80 Å². The van der Waals surface area contributed by atoms with Gasteiger partial charge in [-0.15, -0.1) is 7.53 Å². The summed E-state index contributed by atoms with van der Waals surface area (Å²) < 4.78 is 0. The van der Waals surface area contributed by atoms with E-state index in [0.717, 1.165) is 0 Å². The highest BCUT2D eigenvalue weighted by Gasteiger charge is 1.94. The minimum Gasteiger partial charge on any atom is -0.116 e. The first-order valence-electron chi connectivity index (χ1n) is 6.96. The molecule has 1 unspecified atom stereocenters. The van der Waals surface area contributed by atoms with E-state index in [1.807, 2.05) is 0 Å². The summed E-state index contributed by atoms with van der Waals surface area (Å²) in [5.74, 6) is 5.74. The summed E-state index contributed by atoms with van der Waals surface area (Å²) in [5.41, 5.74) is 0. The van der Waals surface area contributed by atoms with Crippen molar-refractivity contribution in [1.29, 1.82) is 0 Å². The predicted molar refractivity (Wildman–Crippen MR) is 75.2 cm³/mol. The lowest BCUT2D eigenvalue weighted by molar-refractivity contribution is 0.570. The Balaban J connectivity index is 1.78.